The molecular weight excluding hydrogens is 361 g/mol. The molecule has 0 atom stereocenters. The lowest BCUT2D eigenvalue weighted by Crippen LogP contribution is -2.12. The first-order valence-corrected chi connectivity index (χ1v) is 8.59. The predicted octanol–water partition coefficient (Wildman–Crippen LogP) is 5.70. The lowest BCUT2D eigenvalue weighted by molar-refractivity contribution is -0.137. The van der Waals surface area contributed by atoms with Crippen molar-refractivity contribution in [1.29, 1.82) is 0 Å². The number of alkyl halides is 3. The van der Waals surface area contributed by atoms with Gasteiger partial charge in [-0.25, -0.2) is 4.98 Å². The number of benzene rings is 2. The highest BCUT2D eigenvalue weighted by molar-refractivity contribution is 7.13. The Bertz CT molecular complexity index is 946. The molecule has 0 aliphatic heterocycles. The Kier molecular flexibility index (Phi) is 4.82. The smallest absolute Gasteiger partial charge is 0.321 e. The summed E-state index contributed by atoms with van der Waals surface area (Å²) in [6, 6.07) is 11.9. The van der Waals surface area contributed by atoms with Gasteiger partial charge in [-0.1, -0.05) is 30.3 Å². The summed E-state index contributed by atoms with van der Waals surface area (Å²) in [4.78, 5) is 17.3. The van der Waals surface area contributed by atoms with Gasteiger partial charge in [0.25, 0.3) is 5.91 Å². The van der Waals surface area contributed by atoms with Crippen LogP contribution in [-0.4, -0.2) is 10.9 Å². The SMILES string of the molecule is Cc1nc(C)c(C(=O)Nc2ccccc2-c2ccc(C(F)(F)F)cc2)s1. The van der Waals surface area contributed by atoms with E-state index in [0.717, 1.165) is 17.1 Å². The summed E-state index contributed by atoms with van der Waals surface area (Å²) in [5, 5.41) is 3.63. The Morgan fingerprint density at radius 3 is 2.27 bits per heavy atom. The van der Waals surface area contributed by atoms with E-state index in [1.165, 1.54) is 23.5 Å². The molecule has 0 aliphatic carbocycles. The Labute approximate surface area is 152 Å². The average Bonchev–Trinajstić information content (AvgIpc) is 2.93. The van der Waals surface area contributed by atoms with E-state index >= 15 is 0 Å². The fraction of sp³-hybridized carbons (Fsp3) is 0.158. The molecule has 0 spiro atoms. The minimum atomic E-state index is -4.38. The highest BCUT2D eigenvalue weighted by Gasteiger charge is 2.30. The number of amides is 1. The molecule has 3 nitrogen and oxygen atoms in total. The second-order valence-electron chi connectivity index (χ2n) is 5.72. The highest BCUT2D eigenvalue weighted by atomic mass is 32.1. The van der Waals surface area contributed by atoms with Crippen LogP contribution in [0.2, 0.25) is 0 Å². The van der Waals surface area contributed by atoms with Gasteiger partial charge in [0.2, 0.25) is 0 Å². The molecule has 3 aromatic rings. The second-order valence-corrected chi connectivity index (χ2v) is 6.93. The summed E-state index contributed by atoms with van der Waals surface area (Å²) in [5.74, 6) is -0.285. The maximum absolute atomic E-state index is 12.7. The summed E-state index contributed by atoms with van der Waals surface area (Å²) >= 11 is 1.30. The normalized spacial score (nSPS) is 11.4. The summed E-state index contributed by atoms with van der Waals surface area (Å²) in [6.07, 6.45) is -4.38. The Balaban J connectivity index is 1.91. The summed E-state index contributed by atoms with van der Waals surface area (Å²) in [7, 11) is 0. The average molecular weight is 376 g/mol. The van der Waals surface area contributed by atoms with Gasteiger partial charge in [-0.2, -0.15) is 13.2 Å². The van der Waals surface area contributed by atoms with Crippen molar-refractivity contribution in [2.75, 3.05) is 5.32 Å². The number of aryl methyl sites for hydroxylation is 2. The van der Waals surface area contributed by atoms with Gasteiger partial charge in [-0.3, -0.25) is 4.79 Å². The monoisotopic (exact) mass is 376 g/mol. The zero-order chi connectivity index (χ0) is 18.9. The maximum Gasteiger partial charge on any atom is 0.416 e. The Morgan fingerprint density at radius 1 is 1.04 bits per heavy atom. The van der Waals surface area contributed by atoms with Gasteiger partial charge in [0.15, 0.2) is 0 Å². The van der Waals surface area contributed by atoms with Crippen molar-refractivity contribution < 1.29 is 18.0 Å². The standard InChI is InChI=1S/C19H15F3N2OS/c1-11-17(26-12(2)23-11)18(25)24-16-6-4-3-5-15(16)13-7-9-14(10-8-13)19(20,21)22/h3-10H,1-2H3,(H,24,25). The quantitative estimate of drug-likeness (QED) is 0.637. The van der Waals surface area contributed by atoms with Crippen LogP contribution in [-0.2, 0) is 6.18 Å². The van der Waals surface area contributed by atoms with Crippen molar-refractivity contribution >= 4 is 22.9 Å². The molecule has 0 radical (unpaired) electrons. The van der Waals surface area contributed by atoms with Crippen LogP contribution in [0.1, 0.15) is 25.9 Å². The number of nitrogens with zero attached hydrogens (tertiary/aromatic N) is 1. The van der Waals surface area contributed by atoms with Gasteiger partial charge in [0.1, 0.15) is 4.88 Å². The Hall–Kier alpha value is -2.67. The van der Waals surface area contributed by atoms with E-state index in [-0.39, 0.29) is 5.91 Å². The summed E-state index contributed by atoms with van der Waals surface area (Å²) in [6.45, 7) is 3.59. The van der Waals surface area contributed by atoms with Crippen LogP contribution in [0.5, 0.6) is 0 Å². The van der Waals surface area contributed by atoms with Crippen molar-refractivity contribution in [3.63, 3.8) is 0 Å². The number of anilines is 1. The van der Waals surface area contributed by atoms with Crippen LogP contribution in [0.15, 0.2) is 48.5 Å². The maximum atomic E-state index is 12.7. The molecule has 0 saturated carbocycles. The van der Waals surface area contributed by atoms with Crippen molar-refractivity contribution in [2.24, 2.45) is 0 Å². The van der Waals surface area contributed by atoms with Crippen molar-refractivity contribution in [3.8, 4) is 11.1 Å². The lowest BCUT2D eigenvalue weighted by atomic mass is 10.0. The molecule has 2 aromatic carbocycles. The van der Waals surface area contributed by atoms with Crippen molar-refractivity contribution in [2.45, 2.75) is 20.0 Å². The molecule has 0 bridgehead atoms. The second kappa shape index (κ2) is 6.92. The molecule has 26 heavy (non-hydrogen) atoms. The van der Waals surface area contributed by atoms with E-state index in [1.54, 1.807) is 31.2 Å². The number of hydrogen-bond donors (Lipinski definition) is 1. The Morgan fingerprint density at radius 2 is 1.69 bits per heavy atom. The fourth-order valence-electron chi connectivity index (χ4n) is 2.60. The number of thiazole rings is 1. The molecule has 1 N–H and O–H groups in total. The van der Waals surface area contributed by atoms with Gasteiger partial charge < -0.3 is 5.32 Å². The van der Waals surface area contributed by atoms with E-state index in [4.69, 9.17) is 0 Å². The molecule has 134 valence electrons. The van der Waals surface area contributed by atoms with Crippen molar-refractivity contribution in [3.05, 3.63) is 69.7 Å². The number of hydrogen-bond acceptors (Lipinski definition) is 3. The van der Waals surface area contributed by atoms with E-state index in [0.29, 0.717) is 27.4 Å². The molecule has 1 aromatic heterocycles. The molecule has 7 heteroatoms. The molecule has 0 aliphatic rings. The van der Waals surface area contributed by atoms with E-state index in [9.17, 15) is 18.0 Å². The molecule has 0 saturated heterocycles. The fourth-order valence-corrected chi connectivity index (χ4v) is 3.42. The third-order valence-corrected chi connectivity index (χ3v) is 4.88. The number of carbonyl (C=O) groups is 1. The number of rotatable bonds is 3. The van der Waals surface area contributed by atoms with Gasteiger partial charge in [-0.05, 0) is 37.6 Å². The van der Waals surface area contributed by atoms with Crippen LogP contribution >= 0.6 is 11.3 Å². The molecule has 0 fully saturated rings. The van der Waals surface area contributed by atoms with Crippen LogP contribution in [0, 0.1) is 13.8 Å². The number of halogens is 3. The predicted molar refractivity (Wildman–Crippen MR) is 96.4 cm³/mol. The molecular formula is C19H15F3N2OS. The van der Waals surface area contributed by atoms with E-state index in [1.807, 2.05) is 6.92 Å². The minimum absolute atomic E-state index is 0.285. The zero-order valence-corrected chi connectivity index (χ0v) is 14.8. The third kappa shape index (κ3) is 3.77. The highest BCUT2D eigenvalue weighted by Crippen LogP contribution is 2.33. The van der Waals surface area contributed by atoms with Gasteiger partial charge in [0, 0.05) is 11.3 Å². The molecule has 1 heterocycles. The largest absolute Gasteiger partial charge is 0.416 e. The third-order valence-electron chi connectivity index (χ3n) is 3.81. The number of aromatic nitrogens is 1. The number of nitrogens with one attached hydrogen (secondary N) is 1. The van der Waals surface area contributed by atoms with E-state index in [2.05, 4.69) is 10.3 Å². The van der Waals surface area contributed by atoms with Crippen LogP contribution in [0.4, 0.5) is 18.9 Å². The summed E-state index contributed by atoms with van der Waals surface area (Å²) in [5.41, 5.74) is 1.71. The van der Waals surface area contributed by atoms with Crippen LogP contribution in [0.3, 0.4) is 0 Å². The molecule has 0 unspecified atom stereocenters. The van der Waals surface area contributed by atoms with E-state index < -0.39 is 11.7 Å². The first-order valence-electron chi connectivity index (χ1n) is 7.78. The number of para-hydroxylation sites is 1. The molecule has 3 rings (SSSR count). The lowest BCUT2D eigenvalue weighted by Gasteiger charge is -2.12. The van der Waals surface area contributed by atoms with Gasteiger partial charge in [-0.15, -0.1) is 11.3 Å². The van der Waals surface area contributed by atoms with Crippen LogP contribution < -0.4 is 5.32 Å². The number of carbonyl (C=O) groups excluding carboxylic acids is 1. The van der Waals surface area contributed by atoms with Crippen LogP contribution in [0.25, 0.3) is 11.1 Å². The van der Waals surface area contributed by atoms with Gasteiger partial charge in [0.05, 0.1) is 16.3 Å². The summed E-state index contributed by atoms with van der Waals surface area (Å²) < 4.78 is 38.2. The molecule has 1 amide bonds. The topological polar surface area (TPSA) is 42.0 Å². The minimum Gasteiger partial charge on any atom is -0.321 e. The first kappa shape index (κ1) is 18.1. The van der Waals surface area contributed by atoms with Gasteiger partial charge >= 0.3 is 6.18 Å². The first-order chi connectivity index (χ1) is 12.3. The van der Waals surface area contributed by atoms with Crippen molar-refractivity contribution in [1.82, 2.24) is 4.98 Å². The zero-order valence-electron chi connectivity index (χ0n) is 14.0.